The second kappa shape index (κ2) is 47.5. The van der Waals surface area contributed by atoms with Crippen LogP contribution >= 0.6 is 20.1 Å². The Hall–Kier alpha value is -4.63. The van der Waals surface area contributed by atoms with Crippen molar-refractivity contribution in [3.8, 4) is 0 Å². The first-order valence-electron chi connectivity index (χ1n) is 51.5. The van der Waals surface area contributed by atoms with Crippen LogP contribution in [0.15, 0.2) is 30.6 Å². The Morgan fingerprint density at radius 3 is 1.25 bits per heavy atom. The molecule has 14 fully saturated rings. The fourth-order valence-electron chi connectivity index (χ4n) is 23.3. The van der Waals surface area contributed by atoms with Gasteiger partial charge in [0.05, 0.1) is 83.2 Å². The number of hydrogen-bond acceptors (Lipinski definition) is 37. The number of nitrogens with zero attached hydrogens (tertiary/aromatic N) is 6. The molecular weight excluding hydrogens is 1890 g/mol. The molecule has 33 atom stereocenters. The maximum atomic E-state index is 11.8. The van der Waals surface area contributed by atoms with Crippen molar-refractivity contribution in [3.05, 3.63) is 47.2 Å². The Labute approximate surface area is 854 Å². The van der Waals surface area contributed by atoms with E-state index in [1.165, 1.54) is 48.4 Å². The van der Waals surface area contributed by atoms with Gasteiger partial charge >= 0.3 is 17.9 Å². The van der Waals surface area contributed by atoms with Crippen LogP contribution in [-0.4, -0.2) is 369 Å². The van der Waals surface area contributed by atoms with Crippen LogP contribution in [0.5, 0.6) is 0 Å². The molecule has 0 aromatic carbocycles. The smallest absolute Gasteiger partial charge is 0.305 e. The largest absolute Gasteiger partial charge is 0.455 e. The Morgan fingerprint density at radius 2 is 0.887 bits per heavy atom. The average molecular weight is 2070 g/mol. The third-order valence-electron chi connectivity index (χ3n) is 30.9. The number of rotatable bonds is 24. The highest BCUT2D eigenvalue weighted by molar-refractivity contribution is 7.44. The number of nitrogens with two attached hydrogens (primary N) is 1. The molecule has 41 heteroatoms. The average Bonchev–Trinajstić information content (AvgIpc) is 1.54. The molecule has 818 valence electrons. The van der Waals surface area contributed by atoms with Gasteiger partial charge < -0.3 is 150 Å². The number of anilines is 1. The maximum Gasteiger partial charge on any atom is 0.305 e. The molecular formula is C101H175ClN7O32P. The predicted octanol–water partition coefficient (Wildman–Crippen LogP) is 12.0. The molecule has 0 aliphatic carbocycles. The van der Waals surface area contributed by atoms with E-state index < -0.39 is 132 Å². The van der Waals surface area contributed by atoms with Crippen molar-refractivity contribution >= 4 is 55.1 Å². The van der Waals surface area contributed by atoms with Gasteiger partial charge in [-0.3, -0.25) is 19.0 Å². The Balaban J connectivity index is 0.000000228. The van der Waals surface area contributed by atoms with E-state index in [4.69, 9.17) is 138 Å². The number of carbonyl (C=O) groups is 3. The number of hydrogen-bond donors (Lipinski definition) is 7. The van der Waals surface area contributed by atoms with Crippen LogP contribution in [0.2, 0.25) is 5.15 Å². The molecule has 0 radical (unpaired) electrons. The highest BCUT2D eigenvalue weighted by Gasteiger charge is 2.75. The normalized spacial score (nSPS) is 40.8. The van der Waals surface area contributed by atoms with Gasteiger partial charge in [0.25, 0.3) is 8.53 Å². The van der Waals surface area contributed by atoms with E-state index in [1.54, 1.807) is 32.8 Å². The molecule has 14 aliphatic heterocycles. The molecule has 0 spiro atoms. The van der Waals surface area contributed by atoms with Gasteiger partial charge in [-0.05, 0) is 223 Å². The van der Waals surface area contributed by atoms with Crippen LogP contribution in [0, 0.1) is 6.57 Å². The predicted molar refractivity (Wildman–Crippen MR) is 530 cm³/mol. The standard InChI is InChI=1S/C18H33N2O4P.C17H22ClN5O4.C14H22O6.2C11H20O3.C10H18O3.C9H16O4.C9H16O3.2CH4O/c1-12(2)20(13(3)4)25(21-11-10-19-9)24-16-15-14(5)22-18(16,8)17(6,7)23-15;1-6-17(8(2)3)12(25-5)11(26-9(4)24)15(27-17)23-7-20-10-13(18)21-16(19)22-14(10)23;1-7-14(8(2)3)12(17-6)11(18-9(4)15)13(20-14)19-10(5)16;2*1-6-11-9(12-5)8(7(2)13-11)14-10(11,3)4;1-5-10-8(11)7(6(2)12-10)13-9(10,3)4;1-5-6-7(11)9(4-10,12-5)8(2,3)13-6;1-5-6-7(10)9(4,11-5)8(2,3)12-6;2*1-2/h12-16H,10-11H2,1-8H3;7,11-12,15H,2,6H2,1,3-5H3,(H2,19,21,22);11-13H,2,7H2,1,3-6H3;2*7-9H,6H2,1-5H3;6-8,11H,5H2,1-4H3;5-7,10-11H,4H2,1-3H3;5-7,10H,1-4H3;2*2H,1H3/t14-,15-,16-,18+,25?;11-,12+,15-,17+;11-,12+,13?,14+;2*7-,8-,9-,11+;6-,7-,8-,10+;2*5-,6-,7-,9+;;/m01100000../s1/i8D;;;;;;;4D;2*2T. The third-order valence-corrected chi connectivity index (χ3v) is 33.3. The zero-order valence-electron chi connectivity index (χ0n) is 95.4. The van der Waals surface area contributed by atoms with Crippen LogP contribution in [-0.2, 0) is 123 Å². The molecule has 142 heavy (non-hydrogen) atoms. The minimum atomic E-state index is -1.39. The van der Waals surface area contributed by atoms with Crippen molar-refractivity contribution in [3.63, 3.8) is 0 Å². The zero-order valence-corrected chi connectivity index (χ0v) is 93.0. The summed E-state index contributed by atoms with van der Waals surface area (Å²) in [5.41, 5.74) is 0.102. The SMILES string of the molecule is C=C(C)[C@]1(CC)OC(OC(C)=O)[C@H](OC(C)=O)[C@@H]1OC.C=C(C)[C@]1(CC)O[C@@H](n2cnc3c(Cl)nc(N)nc32)[C@H](OC(C)=O)[C@@H]1OC.CC[C@]12O[C@@H](C)[C@H](OC1(C)C)[C@@H]2O.CC[C@]12O[C@@H](C)[C@H](OC1(C)C)[C@@H]2OC.CC[C@]12O[C@@H](C)[C@H](OC1(C)C)[C@@H]2OC.C[C@@H]1O[C@]2(CO)[C@@H](O)[C@H]1OC2(C)C.[2H]C[C@]12O[C@@H](C)[C@H](OC1(C)C)[C@@H]2O.[2H]C[C@]12O[C@@H](C)[C@H](OC1(C)C)[C@@H]2OP(OCC[N+]#[C-])N(C(C)C)C(C)C.[3H]OC.[3H]OC. The number of aliphatic hydroxyl groups is 6. The van der Waals surface area contributed by atoms with Gasteiger partial charge in [0.15, 0.2) is 29.2 Å². The molecule has 16 heterocycles. The molecule has 39 nitrogen and oxygen atoms in total. The monoisotopic (exact) mass is 2070 g/mol. The summed E-state index contributed by atoms with van der Waals surface area (Å²) in [5, 5.41) is 46.3. The van der Waals surface area contributed by atoms with E-state index >= 15 is 0 Å². The zero-order chi connectivity index (χ0) is 111. The summed E-state index contributed by atoms with van der Waals surface area (Å²) in [6, 6.07) is 0.458. The fraction of sp³-hybridized carbons (Fsp3) is 0.871. The van der Waals surface area contributed by atoms with Gasteiger partial charge in [-0.15, -0.1) is 0 Å². The summed E-state index contributed by atoms with van der Waals surface area (Å²) in [7, 11) is 7.72. The number of esters is 3. The summed E-state index contributed by atoms with van der Waals surface area (Å²) in [5.74, 6) is -1.47. The highest BCUT2D eigenvalue weighted by atomic mass is 35.5. The summed E-state index contributed by atoms with van der Waals surface area (Å²) >= 11 is 6.12. The first kappa shape index (κ1) is 118. The number of imidazole rings is 1. The molecule has 8 N–H and O–H groups in total. The minimum Gasteiger partial charge on any atom is -0.455 e. The second-order valence-electron chi connectivity index (χ2n) is 42.1. The summed E-state index contributed by atoms with van der Waals surface area (Å²) in [6.45, 7) is 77.1. The van der Waals surface area contributed by atoms with E-state index in [0.717, 1.165) is 30.4 Å². The van der Waals surface area contributed by atoms with Crippen molar-refractivity contribution in [2.24, 2.45) is 0 Å². The molecule has 2 aromatic rings. The first-order valence-corrected chi connectivity index (χ1v) is 50.8. The Bertz CT molecular complexity index is 4500. The van der Waals surface area contributed by atoms with E-state index in [2.05, 4.69) is 131 Å². The quantitative estimate of drug-likeness (QED) is 0.00976. The molecule has 0 saturated carbocycles. The molecule has 14 saturated heterocycles. The number of aromatic nitrogens is 4. The minimum absolute atomic E-state index is 0.00114. The second-order valence-corrected chi connectivity index (χ2v) is 43.8. The van der Waals surface area contributed by atoms with E-state index in [0.29, 0.717) is 37.2 Å². The Kier molecular flexibility index (Phi) is 39.3. The lowest BCUT2D eigenvalue weighted by atomic mass is 9.81. The van der Waals surface area contributed by atoms with Crippen LogP contribution in [0.25, 0.3) is 16.0 Å². The lowest BCUT2D eigenvalue weighted by molar-refractivity contribution is -0.234. The number of aliphatic hydroxyl groups excluding tert-OH is 6. The molecule has 12 bridgehead atoms. The molecule has 2 aromatic heterocycles. The lowest BCUT2D eigenvalue weighted by Crippen LogP contribution is -2.57. The van der Waals surface area contributed by atoms with Gasteiger partial charge in [0.2, 0.25) is 21.6 Å². The summed E-state index contributed by atoms with van der Waals surface area (Å²) < 4.78 is 165. The summed E-state index contributed by atoms with van der Waals surface area (Å²) in [6.07, 6.45) is -2.05. The molecule has 16 rings (SSSR count). The number of methoxy groups -OCH3 is 4. The third kappa shape index (κ3) is 22.3. The van der Waals surface area contributed by atoms with Crippen molar-refractivity contribution in [2.75, 3.05) is 68.2 Å². The van der Waals surface area contributed by atoms with Gasteiger partial charge in [-0.1, -0.05) is 59.4 Å². The first-order chi connectivity index (χ1) is 67.8. The van der Waals surface area contributed by atoms with Gasteiger partial charge in [-0.2, -0.15) is 9.97 Å². The molecule has 0 amide bonds. The van der Waals surface area contributed by atoms with Crippen molar-refractivity contribution in [2.45, 2.75) is 505 Å². The van der Waals surface area contributed by atoms with E-state index in [-0.39, 0.29) is 163 Å². The lowest BCUT2D eigenvalue weighted by Gasteiger charge is -2.42. The number of nitrogen functional groups attached to an aromatic ring is 1. The van der Waals surface area contributed by atoms with Gasteiger partial charge in [-0.25, -0.2) is 16.2 Å². The highest BCUT2D eigenvalue weighted by Crippen LogP contribution is 2.61. The number of fused-ring (bicyclic) bond motifs is 13. The molecule has 14 aliphatic rings. The van der Waals surface area contributed by atoms with Crippen LogP contribution in [0.3, 0.4) is 0 Å². The number of halogens is 1. The summed E-state index contributed by atoms with van der Waals surface area (Å²) in [4.78, 5) is 50.0. The number of carbonyl (C=O) groups excluding carboxylic acids is 3. The number of ether oxygens (including phenoxy) is 21. The van der Waals surface area contributed by atoms with E-state index in [9.17, 15) is 34.8 Å². The maximum absolute atomic E-state index is 11.8. The van der Waals surface area contributed by atoms with Crippen molar-refractivity contribution < 1.29 is 156 Å². The topological polar surface area (TPSA) is 462 Å². The fourth-order valence-corrected chi connectivity index (χ4v) is 25.3. The van der Waals surface area contributed by atoms with Gasteiger partial charge in [0, 0.05) is 78.3 Å². The van der Waals surface area contributed by atoms with E-state index in [1.807, 2.05) is 111 Å². The Morgan fingerprint density at radius 1 is 0.528 bits per heavy atom. The van der Waals surface area contributed by atoms with Crippen LogP contribution < -0.4 is 5.73 Å². The van der Waals surface area contributed by atoms with Crippen molar-refractivity contribution in [1.82, 2.24) is 24.2 Å². The van der Waals surface area contributed by atoms with Crippen molar-refractivity contribution in [1.29, 1.82) is 2.86 Å². The van der Waals surface area contributed by atoms with Crippen LogP contribution in [0.4, 0.5) is 5.95 Å². The molecule has 2 unspecified atom stereocenters. The van der Waals surface area contributed by atoms with Gasteiger partial charge in [0.1, 0.15) is 142 Å². The van der Waals surface area contributed by atoms with Crippen LogP contribution in [0.1, 0.15) is 276 Å².